The van der Waals surface area contributed by atoms with Crippen LogP contribution in [0.5, 0.6) is 0 Å². The number of ether oxygens (including phenoxy) is 1. The average molecular weight is 350 g/mol. The SMILES string of the molecule is COC(=O)c1cccc(Cn2cc(/C=N\NC(N)=O)c3ccccc32)c1. The normalized spacial score (nSPS) is 11.0. The standard InChI is InChI=1S/C19H18N4O3/c1-26-18(24)14-6-4-5-13(9-14)11-23-12-15(10-21-22-19(20)25)16-7-2-3-8-17(16)23/h2-10,12H,11H2,1H3,(H3,20,22,25)/b21-10-. The molecule has 7 heteroatoms. The third-order valence-corrected chi connectivity index (χ3v) is 3.90. The van der Waals surface area contributed by atoms with Crippen molar-refractivity contribution < 1.29 is 14.3 Å². The molecule has 0 atom stereocenters. The number of nitrogens with one attached hydrogen (secondary N) is 1. The fourth-order valence-electron chi connectivity index (χ4n) is 2.79. The van der Waals surface area contributed by atoms with E-state index in [1.165, 1.54) is 7.11 Å². The molecule has 0 fully saturated rings. The van der Waals surface area contributed by atoms with E-state index in [9.17, 15) is 9.59 Å². The van der Waals surface area contributed by atoms with Crippen LogP contribution >= 0.6 is 0 Å². The van der Waals surface area contributed by atoms with Gasteiger partial charge in [0.25, 0.3) is 0 Å². The molecule has 0 aliphatic carbocycles. The van der Waals surface area contributed by atoms with Crippen molar-refractivity contribution in [3.05, 3.63) is 71.4 Å². The van der Waals surface area contributed by atoms with Gasteiger partial charge in [0.15, 0.2) is 0 Å². The smallest absolute Gasteiger partial charge is 0.337 e. The van der Waals surface area contributed by atoms with Gasteiger partial charge in [-0.1, -0.05) is 30.3 Å². The molecule has 0 unspecified atom stereocenters. The molecule has 7 nitrogen and oxygen atoms in total. The molecule has 0 saturated carbocycles. The Morgan fingerprint density at radius 3 is 2.81 bits per heavy atom. The number of carbonyl (C=O) groups is 2. The molecule has 3 aromatic rings. The molecule has 0 spiro atoms. The Labute approximate surface area is 150 Å². The Morgan fingerprint density at radius 1 is 1.23 bits per heavy atom. The summed E-state index contributed by atoms with van der Waals surface area (Å²) < 4.78 is 6.82. The second-order valence-electron chi connectivity index (χ2n) is 5.66. The third-order valence-electron chi connectivity index (χ3n) is 3.90. The van der Waals surface area contributed by atoms with Crippen LogP contribution in [0.1, 0.15) is 21.5 Å². The molecule has 2 amide bonds. The molecular weight excluding hydrogens is 332 g/mol. The van der Waals surface area contributed by atoms with E-state index in [0.29, 0.717) is 12.1 Å². The molecule has 26 heavy (non-hydrogen) atoms. The Balaban J connectivity index is 1.94. The first-order valence-electron chi connectivity index (χ1n) is 7.92. The van der Waals surface area contributed by atoms with Crippen molar-refractivity contribution in [1.82, 2.24) is 9.99 Å². The number of nitrogens with zero attached hydrogens (tertiary/aromatic N) is 2. The number of carbonyl (C=O) groups excluding carboxylic acids is 2. The Kier molecular flexibility index (Phi) is 4.98. The van der Waals surface area contributed by atoms with Crippen LogP contribution in [0.2, 0.25) is 0 Å². The predicted molar refractivity (Wildman–Crippen MR) is 99.1 cm³/mol. The minimum absolute atomic E-state index is 0.366. The number of methoxy groups -OCH3 is 1. The van der Waals surface area contributed by atoms with E-state index >= 15 is 0 Å². The summed E-state index contributed by atoms with van der Waals surface area (Å²) in [5.74, 6) is -0.366. The number of nitrogens with two attached hydrogens (primary N) is 1. The second-order valence-corrected chi connectivity index (χ2v) is 5.66. The number of urea groups is 1. The summed E-state index contributed by atoms with van der Waals surface area (Å²) in [6.07, 6.45) is 3.48. The molecule has 0 aliphatic rings. The van der Waals surface area contributed by atoms with Crippen molar-refractivity contribution in [2.24, 2.45) is 10.8 Å². The molecule has 1 heterocycles. The number of primary amides is 1. The maximum Gasteiger partial charge on any atom is 0.337 e. The number of esters is 1. The fraction of sp³-hybridized carbons (Fsp3) is 0.105. The summed E-state index contributed by atoms with van der Waals surface area (Å²) >= 11 is 0. The molecule has 1 aromatic heterocycles. The van der Waals surface area contributed by atoms with E-state index in [4.69, 9.17) is 10.5 Å². The van der Waals surface area contributed by atoms with Gasteiger partial charge in [-0.15, -0.1) is 0 Å². The highest BCUT2D eigenvalue weighted by molar-refractivity contribution is 5.99. The van der Waals surface area contributed by atoms with Crippen molar-refractivity contribution in [3.63, 3.8) is 0 Å². The van der Waals surface area contributed by atoms with Gasteiger partial charge >= 0.3 is 12.0 Å². The number of hydrogen-bond donors (Lipinski definition) is 2. The lowest BCUT2D eigenvalue weighted by atomic mass is 10.1. The summed E-state index contributed by atoms with van der Waals surface area (Å²) in [6.45, 7) is 0.572. The van der Waals surface area contributed by atoms with Gasteiger partial charge in [0.05, 0.1) is 18.9 Å². The van der Waals surface area contributed by atoms with Crippen molar-refractivity contribution in [2.75, 3.05) is 7.11 Å². The number of hydrogen-bond acceptors (Lipinski definition) is 4. The van der Waals surface area contributed by atoms with E-state index < -0.39 is 6.03 Å². The third kappa shape index (κ3) is 3.72. The number of aromatic nitrogens is 1. The highest BCUT2D eigenvalue weighted by atomic mass is 16.5. The molecular formula is C19H18N4O3. The van der Waals surface area contributed by atoms with Gasteiger partial charge in [0, 0.05) is 29.2 Å². The van der Waals surface area contributed by atoms with Gasteiger partial charge in [-0.25, -0.2) is 15.0 Å². The lowest BCUT2D eigenvalue weighted by molar-refractivity contribution is 0.0600. The maximum absolute atomic E-state index is 11.7. The fourth-order valence-corrected chi connectivity index (χ4v) is 2.79. The van der Waals surface area contributed by atoms with Gasteiger partial charge in [-0.3, -0.25) is 0 Å². The van der Waals surface area contributed by atoms with Crippen molar-refractivity contribution in [2.45, 2.75) is 6.54 Å². The molecule has 0 bridgehead atoms. The maximum atomic E-state index is 11.7. The van der Waals surface area contributed by atoms with E-state index in [2.05, 4.69) is 15.1 Å². The number of benzene rings is 2. The largest absolute Gasteiger partial charge is 0.465 e. The minimum Gasteiger partial charge on any atom is -0.465 e. The van der Waals surface area contributed by atoms with E-state index in [1.54, 1.807) is 12.3 Å². The van der Waals surface area contributed by atoms with Gasteiger partial charge in [-0.2, -0.15) is 5.10 Å². The van der Waals surface area contributed by atoms with Crippen LogP contribution in [-0.2, 0) is 11.3 Å². The zero-order chi connectivity index (χ0) is 18.5. The minimum atomic E-state index is -0.718. The van der Waals surface area contributed by atoms with Crippen LogP contribution in [0.3, 0.4) is 0 Å². The van der Waals surface area contributed by atoms with Crippen LogP contribution in [0.4, 0.5) is 4.79 Å². The predicted octanol–water partition coefficient (Wildman–Crippen LogP) is 2.48. The molecule has 132 valence electrons. The Hall–Kier alpha value is -3.61. The lowest BCUT2D eigenvalue weighted by Gasteiger charge is -2.07. The first-order chi connectivity index (χ1) is 12.6. The highest BCUT2D eigenvalue weighted by Gasteiger charge is 2.09. The van der Waals surface area contributed by atoms with Crippen LogP contribution in [-0.4, -0.2) is 29.9 Å². The van der Waals surface area contributed by atoms with Crippen LogP contribution in [0, 0.1) is 0 Å². The van der Waals surface area contributed by atoms with E-state index in [1.807, 2.05) is 48.7 Å². The van der Waals surface area contributed by atoms with Crippen molar-refractivity contribution in [1.29, 1.82) is 0 Å². The van der Waals surface area contributed by atoms with Crippen LogP contribution in [0.25, 0.3) is 10.9 Å². The van der Waals surface area contributed by atoms with E-state index in [0.717, 1.165) is 22.0 Å². The monoisotopic (exact) mass is 350 g/mol. The quantitative estimate of drug-likeness (QED) is 0.420. The van der Waals surface area contributed by atoms with Gasteiger partial charge in [0.2, 0.25) is 0 Å². The lowest BCUT2D eigenvalue weighted by Crippen LogP contribution is -2.24. The number of para-hydroxylation sites is 1. The summed E-state index contributed by atoms with van der Waals surface area (Å²) in [5.41, 5.74) is 10.5. The summed E-state index contributed by atoms with van der Waals surface area (Å²) in [7, 11) is 1.36. The van der Waals surface area contributed by atoms with Gasteiger partial charge in [-0.05, 0) is 23.8 Å². The summed E-state index contributed by atoms with van der Waals surface area (Å²) in [6, 6.07) is 14.4. The Morgan fingerprint density at radius 2 is 2.04 bits per heavy atom. The number of amides is 2. The van der Waals surface area contributed by atoms with Gasteiger partial charge < -0.3 is 15.0 Å². The molecule has 3 rings (SSSR count). The summed E-state index contributed by atoms with van der Waals surface area (Å²) in [4.78, 5) is 22.5. The summed E-state index contributed by atoms with van der Waals surface area (Å²) in [5, 5.41) is 4.83. The molecule has 0 radical (unpaired) electrons. The van der Waals surface area contributed by atoms with Crippen molar-refractivity contribution >= 4 is 29.1 Å². The Bertz CT molecular complexity index is 991. The first-order valence-corrected chi connectivity index (χ1v) is 7.92. The molecule has 0 aliphatic heterocycles. The molecule has 2 aromatic carbocycles. The number of rotatable bonds is 5. The van der Waals surface area contributed by atoms with Gasteiger partial charge in [0.1, 0.15) is 0 Å². The average Bonchev–Trinajstić information content (AvgIpc) is 2.99. The van der Waals surface area contributed by atoms with Crippen molar-refractivity contribution in [3.8, 4) is 0 Å². The molecule has 3 N–H and O–H groups in total. The zero-order valence-corrected chi connectivity index (χ0v) is 14.2. The first kappa shape index (κ1) is 17.2. The van der Waals surface area contributed by atoms with Crippen LogP contribution in [0.15, 0.2) is 59.8 Å². The second kappa shape index (κ2) is 7.52. The number of hydrazone groups is 1. The van der Waals surface area contributed by atoms with E-state index in [-0.39, 0.29) is 5.97 Å². The highest BCUT2D eigenvalue weighted by Crippen LogP contribution is 2.21. The molecule has 0 saturated heterocycles. The number of fused-ring (bicyclic) bond motifs is 1. The van der Waals surface area contributed by atoms with Crippen LogP contribution < -0.4 is 11.2 Å². The zero-order valence-electron chi connectivity index (χ0n) is 14.2. The topological polar surface area (TPSA) is 98.7 Å².